The predicted molar refractivity (Wildman–Crippen MR) is 72.2 cm³/mol. The molecule has 2 rings (SSSR count). The third kappa shape index (κ3) is 3.00. The third-order valence-corrected chi connectivity index (χ3v) is 4.70. The van der Waals surface area contributed by atoms with Crippen LogP contribution in [0.2, 0.25) is 0 Å². The molecule has 1 aromatic heterocycles. The van der Waals surface area contributed by atoms with Crippen LogP contribution in [0.25, 0.3) is 0 Å². The monoisotopic (exact) mass is 253 g/mol. The zero-order valence-electron chi connectivity index (χ0n) is 10.4. The van der Waals surface area contributed by atoms with Gasteiger partial charge in [-0.25, -0.2) is 0 Å². The van der Waals surface area contributed by atoms with Gasteiger partial charge in [-0.1, -0.05) is 12.8 Å². The van der Waals surface area contributed by atoms with Gasteiger partial charge in [0.05, 0.1) is 0 Å². The van der Waals surface area contributed by atoms with Crippen molar-refractivity contribution >= 4 is 23.7 Å². The molecule has 1 aliphatic carbocycles. The molecule has 94 valence electrons. The number of nitrogens with zero attached hydrogens (tertiary/aromatic N) is 3. The second kappa shape index (κ2) is 5.08. The van der Waals surface area contributed by atoms with Gasteiger partial charge in [0, 0.05) is 11.3 Å². The van der Waals surface area contributed by atoms with Crippen LogP contribution in [-0.4, -0.2) is 32.5 Å². The first-order valence-electron chi connectivity index (χ1n) is 5.91. The van der Waals surface area contributed by atoms with Crippen molar-refractivity contribution in [3.63, 3.8) is 0 Å². The van der Waals surface area contributed by atoms with Crippen LogP contribution >= 0.6 is 11.8 Å². The van der Waals surface area contributed by atoms with E-state index in [1.807, 2.05) is 18.7 Å². The number of nitrogens with two attached hydrogens (primary N) is 1. The first kappa shape index (κ1) is 12.4. The number of aromatic nitrogens is 3. The molecular weight excluding hydrogens is 234 g/mol. The van der Waals surface area contributed by atoms with E-state index in [4.69, 9.17) is 5.73 Å². The van der Waals surface area contributed by atoms with E-state index in [0.717, 1.165) is 6.54 Å². The summed E-state index contributed by atoms with van der Waals surface area (Å²) in [5, 5.41) is 3.30. The van der Waals surface area contributed by atoms with Crippen molar-refractivity contribution in [2.45, 2.75) is 37.4 Å². The summed E-state index contributed by atoms with van der Waals surface area (Å²) < 4.78 is 0.343. The van der Waals surface area contributed by atoms with E-state index in [0.29, 0.717) is 16.5 Å². The normalized spacial score (nSPS) is 18.2. The Morgan fingerprint density at radius 3 is 2.59 bits per heavy atom. The van der Waals surface area contributed by atoms with Crippen molar-refractivity contribution in [1.82, 2.24) is 15.0 Å². The second-order valence-electron chi connectivity index (χ2n) is 4.51. The van der Waals surface area contributed by atoms with Gasteiger partial charge in [-0.3, -0.25) is 0 Å². The highest BCUT2D eigenvalue weighted by Crippen LogP contribution is 2.40. The highest BCUT2D eigenvalue weighted by atomic mass is 32.2. The van der Waals surface area contributed by atoms with Crippen LogP contribution in [0.5, 0.6) is 0 Å². The summed E-state index contributed by atoms with van der Waals surface area (Å²) in [6, 6.07) is 0. The highest BCUT2D eigenvalue weighted by Gasteiger charge is 2.32. The van der Waals surface area contributed by atoms with E-state index in [-0.39, 0.29) is 5.95 Å². The summed E-state index contributed by atoms with van der Waals surface area (Å²) >= 11 is 1.94. The molecule has 0 saturated heterocycles. The van der Waals surface area contributed by atoms with E-state index in [1.54, 1.807) is 0 Å². The molecule has 0 aromatic carbocycles. The van der Waals surface area contributed by atoms with Crippen LogP contribution in [0.3, 0.4) is 0 Å². The van der Waals surface area contributed by atoms with Crippen molar-refractivity contribution in [3.8, 4) is 0 Å². The first-order chi connectivity index (χ1) is 8.13. The average Bonchev–Trinajstić information content (AvgIpc) is 2.74. The quantitative estimate of drug-likeness (QED) is 0.852. The molecule has 1 saturated carbocycles. The third-order valence-electron chi connectivity index (χ3n) is 3.28. The molecule has 0 spiro atoms. The lowest BCUT2D eigenvalue weighted by molar-refractivity contribution is 0.636. The second-order valence-corrected chi connectivity index (χ2v) is 5.79. The molecule has 1 aliphatic rings. The number of aryl methyl sites for hydroxylation is 1. The van der Waals surface area contributed by atoms with Gasteiger partial charge in [0.2, 0.25) is 11.9 Å². The van der Waals surface area contributed by atoms with E-state index >= 15 is 0 Å². The van der Waals surface area contributed by atoms with Gasteiger partial charge in [0.25, 0.3) is 0 Å². The summed E-state index contributed by atoms with van der Waals surface area (Å²) in [5.41, 5.74) is 5.60. The largest absolute Gasteiger partial charge is 0.368 e. The van der Waals surface area contributed by atoms with Crippen molar-refractivity contribution in [2.75, 3.05) is 23.9 Å². The molecule has 5 nitrogen and oxygen atoms in total. The molecule has 0 bridgehead atoms. The van der Waals surface area contributed by atoms with E-state index in [2.05, 4.69) is 26.5 Å². The fourth-order valence-corrected chi connectivity index (χ4v) is 3.21. The topological polar surface area (TPSA) is 76.7 Å². The smallest absolute Gasteiger partial charge is 0.227 e. The molecular formula is C11H19N5S. The highest BCUT2D eigenvalue weighted by molar-refractivity contribution is 8.00. The lowest BCUT2D eigenvalue weighted by Gasteiger charge is -2.26. The van der Waals surface area contributed by atoms with Crippen molar-refractivity contribution in [2.24, 2.45) is 0 Å². The molecule has 0 unspecified atom stereocenters. The molecule has 17 heavy (non-hydrogen) atoms. The number of nitrogen functional groups attached to an aromatic ring is 1. The maximum Gasteiger partial charge on any atom is 0.227 e. The summed E-state index contributed by atoms with van der Waals surface area (Å²) in [7, 11) is 0. The van der Waals surface area contributed by atoms with Gasteiger partial charge in [-0.05, 0) is 26.0 Å². The standard InChI is InChI=1S/C11H19N5S/c1-8-14-9(12)16-10(15-8)13-7-11(17-2)5-3-4-6-11/h3-7H2,1-2H3,(H3,12,13,14,15,16). The number of hydrogen-bond donors (Lipinski definition) is 2. The lowest BCUT2D eigenvalue weighted by Crippen LogP contribution is -2.30. The molecule has 0 amide bonds. The molecule has 1 heterocycles. The van der Waals surface area contributed by atoms with Crippen LogP contribution in [0, 0.1) is 6.92 Å². The molecule has 0 aliphatic heterocycles. The fourth-order valence-electron chi connectivity index (χ4n) is 2.29. The van der Waals surface area contributed by atoms with Crippen LogP contribution in [0.15, 0.2) is 0 Å². The minimum absolute atomic E-state index is 0.282. The number of thioether (sulfide) groups is 1. The van der Waals surface area contributed by atoms with Gasteiger partial charge in [-0.15, -0.1) is 0 Å². The minimum atomic E-state index is 0.282. The summed E-state index contributed by atoms with van der Waals surface area (Å²) in [6.07, 6.45) is 7.35. The number of rotatable bonds is 4. The fraction of sp³-hybridized carbons (Fsp3) is 0.727. The summed E-state index contributed by atoms with van der Waals surface area (Å²) in [6.45, 7) is 2.72. The van der Waals surface area contributed by atoms with Gasteiger partial charge in [0.1, 0.15) is 5.82 Å². The van der Waals surface area contributed by atoms with Crippen molar-refractivity contribution in [3.05, 3.63) is 5.82 Å². The van der Waals surface area contributed by atoms with Gasteiger partial charge in [-0.2, -0.15) is 26.7 Å². The molecule has 1 fully saturated rings. The minimum Gasteiger partial charge on any atom is -0.368 e. The lowest BCUT2D eigenvalue weighted by atomic mass is 10.1. The number of nitrogens with one attached hydrogen (secondary N) is 1. The number of hydrogen-bond acceptors (Lipinski definition) is 6. The van der Waals surface area contributed by atoms with Crippen LogP contribution in [0.1, 0.15) is 31.5 Å². The Kier molecular flexibility index (Phi) is 3.71. The first-order valence-corrected chi connectivity index (χ1v) is 7.13. The SMILES string of the molecule is CSC1(CNc2nc(C)nc(N)n2)CCCC1. The van der Waals surface area contributed by atoms with E-state index < -0.39 is 0 Å². The number of anilines is 2. The Balaban J connectivity index is 2.01. The average molecular weight is 253 g/mol. The van der Waals surface area contributed by atoms with Crippen molar-refractivity contribution < 1.29 is 0 Å². The Morgan fingerprint density at radius 2 is 2.00 bits per heavy atom. The Bertz CT molecular complexity index is 369. The van der Waals surface area contributed by atoms with E-state index in [1.165, 1.54) is 25.7 Å². The Hall–Kier alpha value is -1.04. The van der Waals surface area contributed by atoms with Crippen LogP contribution in [0.4, 0.5) is 11.9 Å². The Morgan fingerprint density at radius 1 is 1.29 bits per heavy atom. The molecule has 1 aromatic rings. The molecule has 6 heteroatoms. The maximum absolute atomic E-state index is 5.60. The molecule has 3 N–H and O–H groups in total. The summed E-state index contributed by atoms with van der Waals surface area (Å²) in [5.74, 6) is 1.53. The maximum atomic E-state index is 5.60. The van der Waals surface area contributed by atoms with Crippen LogP contribution in [-0.2, 0) is 0 Å². The molecule has 0 atom stereocenters. The van der Waals surface area contributed by atoms with Gasteiger partial charge in [0.15, 0.2) is 0 Å². The van der Waals surface area contributed by atoms with Crippen LogP contribution < -0.4 is 11.1 Å². The molecule has 0 radical (unpaired) electrons. The Labute approximate surface area is 106 Å². The van der Waals surface area contributed by atoms with Crippen molar-refractivity contribution in [1.29, 1.82) is 0 Å². The zero-order valence-corrected chi connectivity index (χ0v) is 11.2. The zero-order chi connectivity index (χ0) is 12.3. The van der Waals surface area contributed by atoms with E-state index in [9.17, 15) is 0 Å². The summed E-state index contributed by atoms with van der Waals surface area (Å²) in [4.78, 5) is 12.3. The van der Waals surface area contributed by atoms with Gasteiger partial charge < -0.3 is 11.1 Å². The van der Waals surface area contributed by atoms with Gasteiger partial charge >= 0.3 is 0 Å². The predicted octanol–water partition coefficient (Wildman–Crippen LogP) is 1.85.